The molecule has 4 fully saturated rings. The third kappa shape index (κ3) is 4.46. The van der Waals surface area contributed by atoms with Crippen molar-refractivity contribution >= 4 is 25.9 Å². The van der Waals surface area contributed by atoms with Crippen molar-refractivity contribution in [2.45, 2.75) is 96.7 Å². The quantitative estimate of drug-likeness (QED) is 0.299. The Bertz CT molecular complexity index is 1380. The zero-order chi connectivity index (χ0) is 29.3. The molecule has 0 radical (unpaired) electrons. The number of anilines is 2. The molecule has 0 spiro atoms. The fourth-order valence-electron chi connectivity index (χ4n) is 9.52. The molecule has 220 valence electrons. The van der Waals surface area contributed by atoms with Crippen LogP contribution in [-0.4, -0.2) is 40.0 Å². The minimum absolute atomic E-state index is 0.101. The first-order valence-electron chi connectivity index (χ1n) is 16.2. The molecule has 0 saturated heterocycles. The predicted octanol–water partition coefficient (Wildman–Crippen LogP) is 8.19. The van der Waals surface area contributed by atoms with Crippen LogP contribution in [0.4, 0.5) is 11.4 Å². The molecule has 42 heavy (non-hydrogen) atoms. The van der Waals surface area contributed by atoms with Crippen LogP contribution in [0.3, 0.4) is 0 Å². The molecular formula is C37H49N4Si+. The Labute approximate surface area is 254 Å². The van der Waals surface area contributed by atoms with Gasteiger partial charge in [0.1, 0.15) is 0 Å². The Morgan fingerprint density at radius 1 is 0.690 bits per heavy atom. The molecule has 3 aromatic rings. The molecule has 1 N–H and O–H groups in total. The smallest absolute Gasteiger partial charge is 0.283 e. The molecule has 5 aliphatic rings. The normalized spacial score (nSPS) is 30.4. The molecule has 5 heteroatoms. The SMILES string of the molecule is CC(C)(C)N1C(c2ccccc2)=[N+](C(C)(C)C)[Si@@]1(NC12CC3CC(CC(C3)C1)C2)N(c1ccccc1)c1ccccc1. The van der Waals surface area contributed by atoms with Crippen molar-refractivity contribution in [1.29, 1.82) is 0 Å². The van der Waals surface area contributed by atoms with E-state index in [1.54, 1.807) is 0 Å². The zero-order valence-corrected chi connectivity index (χ0v) is 27.5. The van der Waals surface area contributed by atoms with Gasteiger partial charge < -0.3 is 0 Å². The van der Waals surface area contributed by atoms with E-state index in [1.165, 1.54) is 61.3 Å². The van der Waals surface area contributed by atoms with E-state index in [9.17, 15) is 0 Å². The van der Waals surface area contributed by atoms with Crippen LogP contribution in [0.5, 0.6) is 0 Å². The van der Waals surface area contributed by atoms with E-state index in [1.807, 2.05) is 0 Å². The number of rotatable bonds is 6. The second-order valence-corrected chi connectivity index (χ2v) is 18.5. The monoisotopic (exact) mass is 577 g/mol. The first-order chi connectivity index (χ1) is 20.0. The molecule has 1 heterocycles. The lowest BCUT2D eigenvalue weighted by atomic mass is 9.53. The van der Waals surface area contributed by atoms with Crippen LogP contribution >= 0.6 is 0 Å². The highest BCUT2D eigenvalue weighted by Gasteiger charge is 2.80. The molecule has 8 rings (SSSR count). The summed E-state index contributed by atoms with van der Waals surface area (Å²) in [6.07, 6.45) is 8.31. The van der Waals surface area contributed by atoms with Gasteiger partial charge in [0.15, 0.2) is 0 Å². The summed E-state index contributed by atoms with van der Waals surface area (Å²) < 4.78 is 8.48. The van der Waals surface area contributed by atoms with Crippen molar-refractivity contribution in [2.75, 3.05) is 4.57 Å². The van der Waals surface area contributed by atoms with Crippen LogP contribution < -0.4 is 9.55 Å². The topological polar surface area (TPSA) is 21.5 Å². The number of amidine groups is 1. The average molecular weight is 578 g/mol. The molecule has 4 nitrogen and oxygen atoms in total. The number of nitrogens with one attached hydrogen (secondary N) is 1. The van der Waals surface area contributed by atoms with Gasteiger partial charge in [-0.1, -0.05) is 54.6 Å². The summed E-state index contributed by atoms with van der Waals surface area (Å²) in [5, 5.41) is 0. The summed E-state index contributed by atoms with van der Waals surface area (Å²) in [7, 11) is -2.90. The Kier molecular flexibility index (Phi) is 6.52. The van der Waals surface area contributed by atoms with Crippen LogP contribution in [0.2, 0.25) is 0 Å². The Morgan fingerprint density at radius 3 is 1.52 bits per heavy atom. The van der Waals surface area contributed by atoms with Gasteiger partial charge in [-0.15, -0.1) is 0 Å². The van der Waals surface area contributed by atoms with Gasteiger partial charge in [0, 0.05) is 16.9 Å². The molecule has 1 atom stereocenters. The highest BCUT2D eigenvalue weighted by Crippen LogP contribution is 2.57. The maximum absolute atomic E-state index is 4.78. The van der Waals surface area contributed by atoms with Crippen molar-refractivity contribution in [3.05, 3.63) is 96.6 Å². The first kappa shape index (κ1) is 27.9. The largest absolute Gasteiger partial charge is 0.697 e. The summed E-state index contributed by atoms with van der Waals surface area (Å²) in [5.41, 5.74) is 3.81. The highest BCUT2D eigenvalue weighted by molar-refractivity contribution is 6.79. The first-order valence-corrected chi connectivity index (χ1v) is 18.1. The molecule has 3 aromatic carbocycles. The van der Waals surface area contributed by atoms with Gasteiger partial charge >= 0.3 is 8.72 Å². The van der Waals surface area contributed by atoms with Crippen LogP contribution in [0.1, 0.15) is 85.6 Å². The van der Waals surface area contributed by atoms with Gasteiger partial charge in [-0.05, 0) is 134 Å². The number of nitrogens with zero attached hydrogens (tertiary/aromatic N) is 3. The zero-order valence-electron chi connectivity index (χ0n) is 26.5. The van der Waals surface area contributed by atoms with Gasteiger partial charge in [-0.2, -0.15) is 0 Å². The second kappa shape index (κ2) is 9.82. The number of para-hydroxylation sites is 2. The number of hydrogen-bond acceptors (Lipinski definition) is 3. The fourth-order valence-corrected chi connectivity index (χ4v) is 15.3. The summed E-state index contributed by atoms with van der Waals surface area (Å²) in [5.74, 6) is 3.98. The summed E-state index contributed by atoms with van der Waals surface area (Å²) in [6.45, 7) is 14.5. The average Bonchev–Trinajstić information content (AvgIpc) is 2.91. The van der Waals surface area contributed by atoms with E-state index < -0.39 is 8.72 Å². The van der Waals surface area contributed by atoms with Crippen LogP contribution in [-0.2, 0) is 0 Å². The van der Waals surface area contributed by atoms with Gasteiger partial charge in [0.2, 0.25) is 0 Å². The number of benzene rings is 3. The van der Waals surface area contributed by atoms with Crippen molar-refractivity contribution in [3.8, 4) is 0 Å². The van der Waals surface area contributed by atoms with Gasteiger partial charge in [0.05, 0.1) is 16.6 Å². The second-order valence-electron chi connectivity index (χ2n) is 15.7. The van der Waals surface area contributed by atoms with E-state index >= 15 is 0 Å². The van der Waals surface area contributed by atoms with E-state index in [0.717, 1.165) is 17.8 Å². The summed E-state index contributed by atoms with van der Waals surface area (Å²) >= 11 is 0. The summed E-state index contributed by atoms with van der Waals surface area (Å²) in [4.78, 5) is 4.78. The molecule has 1 aliphatic heterocycles. The van der Waals surface area contributed by atoms with Gasteiger partial charge in [0.25, 0.3) is 5.84 Å². The van der Waals surface area contributed by atoms with Crippen LogP contribution in [0.25, 0.3) is 0 Å². The maximum atomic E-state index is 4.78. The van der Waals surface area contributed by atoms with E-state index in [0.29, 0.717) is 0 Å². The van der Waals surface area contributed by atoms with Crippen molar-refractivity contribution in [2.24, 2.45) is 17.8 Å². The highest BCUT2D eigenvalue weighted by atomic mass is 28.4. The van der Waals surface area contributed by atoms with E-state index in [-0.39, 0.29) is 16.6 Å². The van der Waals surface area contributed by atoms with Crippen molar-refractivity contribution in [1.82, 2.24) is 9.55 Å². The molecule has 4 bridgehead atoms. The lowest BCUT2D eigenvalue weighted by Crippen LogP contribution is -2.95. The molecule has 0 unspecified atom stereocenters. The third-order valence-electron chi connectivity index (χ3n) is 10.2. The minimum atomic E-state index is -2.90. The molecule has 0 aromatic heterocycles. The van der Waals surface area contributed by atoms with Crippen molar-refractivity contribution in [3.63, 3.8) is 0 Å². The van der Waals surface area contributed by atoms with E-state index in [2.05, 4.69) is 146 Å². The lowest BCUT2D eigenvalue weighted by molar-refractivity contribution is -0.523. The molecule has 4 aliphatic carbocycles. The van der Waals surface area contributed by atoms with Gasteiger partial charge in [-0.25, -0.2) is 13.8 Å². The Hall–Kier alpha value is -2.89. The predicted molar refractivity (Wildman–Crippen MR) is 177 cm³/mol. The van der Waals surface area contributed by atoms with Gasteiger partial charge in [-0.3, -0.25) is 4.57 Å². The Balaban J connectivity index is 1.54. The number of hydrogen-bond donors (Lipinski definition) is 1. The summed E-state index contributed by atoms with van der Waals surface area (Å²) in [6, 6.07) is 33.6. The Morgan fingerprint density at radius 2 is 1.12 bits per heavy atom. The molecule has 4 saturated carbocycles. The third-order valence-corrected chi connectivity index (χ3v) is 15.3. The van der Waals surface area contributed by atoms with Crippen LogP contribution in [0.15, 0.2) is 91.0 Å². The standard InChI is InChI=1S/C37H49N4Si/c1-35(2,3)40-34(31-16-10-7-11-17-31)41(36(4,5)6)42(40,38-37-25-28-22-29(26-37)24-30(23-28)27-37)39(32-18-12-8-13-19-32)33-20-14-9-15-21-33/h7-21,28-30,38H,22-27H2,1-6H3/q+1. The van der Waals surface area contributed by atoms with E-state index in [4.69, 9.17) is 4.98 Å². The fraction of sp³-hybridized carbons (Fsp3) is 0.486. The van der Waals surface area contributed by atoms with Crippen molar-refractivity contribution < 1.29 is 4.24 Å². The van der Waals surface area contributed by atoms with Crippen LogP contribution in [0, 0.1) is 17.8 Å². The molecular weight excluding hydrogens is 529 g/mol. The minimum Gasteiger partial charge on any atom is -0.283 e. The lowest BCUT2D eigenvalue weighted by Gasteiger charge is -2.63. The molecule has 0 amide bonds. The maximum Gasteiger partial charge on any atom is 0.697 e.